The van der Waals surface area contributed by atoms with Crippen molar-refractivity contribution < 1.29 is 14.6 Å². The highest BCUT2D eigenvalue weighted by Crippen LogP contribution is 2.38. The molecule has 0 spiro atoms. The lowest BCUT2D eigenvalue weighted by atomic mass is 9.98. The topological polar surface area (TPSA) is 41.9 Å². The zero-order valence-electron chi connectivity index (χ0n) is 14.7. The minimum atomic E-state index is -0.366. The van der Waals surface area contributed by atoms with Crippen LogP contribution in [-0.4, -0.2) is 29.7 Å². The molecule has 138 valence electrons. The fraction of sp³-hybridized carbons (Fsp3) is 0.429. The van der Waals surface area contributed by atoms with Crippen molar-refractivity contribution in [3.63, 3.8) is 0 Å². The Labute approximate surface area is 162 Å². The third kappa shape index (κ3) is 3.96. The first-order chi connectivity index (χ1) is 12.7. The number of aliphatic hydroxyl groups is 1. The lowest BCUT2D eigenvalue weighted by Crippen LogP contribution is -2.36. The summed E-state index contributed by atoms with van der Waals surface area (Å²) in [4.78, 5) is 2.42. The number of fused-ring (bicyclic) bond motifs is 1. The lowest BCUT2D eigenvalue weighted by Gasteiger charge is -2.34. The molecule has 2 atom stereocenters. The Hall–Kier alpha value is -1.40. The minimum absolute atomic E-state index is 0.271. The molecular weight excluding hydrogens is 394 g/mol. The number of piperidine rings is 1. The van der Waals surface area contributed by atoms with E-state index in [9.17, 15) is 5.11 Å². The van der Waals surface area contributed by atoms with Crippen molar-refractivity contribution in [3.05, 3.63) is 63.6 Å². The van der Waals surface area contributed by atoms with E-state index >= 15 is 0 Å². The molecule has 2 aliphatic rings. The Morgan fingerprint density at radius 1 is 1.19 bits per heavy atom. The largest absolute Gasteiger partial charge is 0.460 e. The molecule has 0 aromatic heterocycles. The zero-order chi connectivity index (χ0) is 17.9. The SMILES string of the molecule is OC[C@@H]1CCCN(Cc2cc(Br)cc3c2O[C@H](c2ccccc2)OC3)C1. The van der Waals surface area contributed by atoms with Crippen LogP contribution in [0.5, 0.6) is 5.75 Å². The van der Waals surface area contributed by atoms with Crippen molar-refractivity contribution in [3.8, 4) is 5.75 Å². The maximum absolute atomic E-state index is 9.50. The summed E-state index contributed by atoms with van der Waals surface area (Å²) >= 11 is 3.62. The summed E-state index contributed by atoms with van der Waals surface area (Å²) in [5.74, 6) is 1.33. The highest BCUT2D eigenvalue weighted by atomic mass is 79.9. The molecule has 0 bridgehead atoms. The van der Waals surface area contributed by atoms with Gasteiger partial charge in [0.05, 0.1) is 6.61 Å². The smallest absolute Gasteiger partial charge is 0.227 e. The first kappa shape index (κ1) is 18.0. The van der Waals surface area contributed by atoms with Gasteiger partial charge in [-0.3, -0.25) is 4.90 Å². The fourth-order valence-electron chi connectivity index (χ4n) is 3.85. The third-order valence-corrected chi connectivity index (χ3v) is 5.61. The third-order valence-electron chi connectivity index (χ3n) is 5.15. The number of likely N-dealkylation sites (tertiary alicyclic amines) is 1. The van der Waals surface area contributed by atoms with Gasteiger partial charge in [-0.05, 0) is 37.4 Å². The van der Waals surface area contributed by atoms with E-state index in [1.807, 2.05) is 30.3 Å². The number of hydrogen-bond donors (Lipinski definition) is 1. The Morgan fingerprint density at radius 2 is 2.04 bits per heavy atom. The molecule has 1 N–H and O–H groups in total. The van der Waals surface area contributed by atoms with Gasteiger partial charge in [-0.2, -0.15) is 0 Å². The van der Waals surface area contributed by atoms with E-state index in [4.69, 9.17) is 9.47 Å². The number of benzene rings is 2. The van der Waals surface area contributed by atoms with Gasteiger partial charge in [-0.15, -0.1) is 0 Å². The Balaban J connectivity index is 1.57. The molecule has 5 heteroatoms. The predicted octanol–water partition coefficient (Wildman–Crippen LogP) is 4.26. The molecule has 1 fully saturated rings. The van der Waals surface area contributed by atoms with Crippen LogP contribution in [0.15, 0.2) is 46.9 Å². The van der Waals surface area contributed by atoms with E-state index in [1.165, 1.54) is 5.56 Å². The quantitative estimate of drug-likeness (QED) is 0.806. The normalized spacial score (nSPS) is 23.3. The van der Waals surface area contributed by atoms with Crippen LogP contribution in [0.2, 0.25) is 0 Å². The molecule has 4 nitrogen and oxygen atoms in total. The molecule has 4 rings (SSSR count). The number of rotatable bonds is 4. The second-order valence-corrected chi connectivity index (χ2v) is 8.07. The standard InChI is InChI=1S/C21H24BrNO3/c22-19-9-17(12-23-8-4-5-15(11-23)13-24)20-18(10-19)14-25-21(26-20)16-6-2-1-3-7-16/h1-3,6-7,9-10,15,21,24H,4-5,8,11-14H2/t15-,21-/m1/s1. The number of ether oxygens (including phenoxy) is 2. The minimum Gasteiger partial charge on any atom is -0.460 e. The molecule has 26 heavy (non-hydrogen) atoms. The Morgan fingerprint density at radius 3 is 2.85 bits per heavy atom. The van der Waals surface area contributed by atoms with Crippen LogP contribution >= 0.6 is 15.9 Å². The van der Waals surface area contributed by atoms with Crippen LogP contribution in [-0.2, 0) is 17.9 Å². The summed E-state index contributed by atoms with van der Waals surface area (Å²) in [6, 6.07) is 14.3. The predicted molar refractivity (Wildman–Crippen MR) is 104 cm³/mol. The zero-order valence-corrected chi connectivity index (χ0v) is 16.3. The molecule has 2 aromatic carbocycles. The van der Waals surface area contributed by atoms with Gasteiger partial charge < -0.3 is 14.6 Å². The van der Waals surface area contributed by atoms with Gasteiger partial charge in [0, 0.05) is 40.9 Å². The van der Waals surface area contributed by atoms with Crippen molar-refractivity contribution in [2.24, 2.45) is 5.92 Å². The van der Waals surface area contributed by atoms with Crippen LogP contribution in [0.1, 0.15) is 35.8 Å². The number of aliphatic hydroxyl groups excluding tert-OH is 1. The highest BCUT2D eigenvalue weighted by Gasteiger charge is 2.26. The van der Waals surface area contributed by atoms with E-state index < -0.39 is 0 Å². The molecule has 2 aromatic rings. The van der Waals surface area contributed by atoms with E-state index in [2.05, 4.69) is 33.0 Å². The van der Waals surface area contributed by atoms with Gasteiger partial charge in [0.15, 0.2) is 0 Å². The molecule has 2 aliphatic heterocycles. The summed E-state index contributed by atoms with van der Waals surface area (Å²) < 4.78 is 13.3. The van der Waals surface area contributed by atoms with Gasteiger partial charge in [-0.1, -0.05) is 46.3 Å². The molecule has 0 radical (unpaired) electrons. The van der Waals surface area contributed by atoms with Crippen LogP contribution in [0.25, 0.3) is 0 Å². The van der Waals surface area contributed by atoms with Gasteiger partial charge in [0.2, 0.25) is 6.29 Å². The maximum Gasteiger partial charge on any atom is 0.227 e. The van der Waals surface area contributed by atoms with Gasteiger partial charge >= 0.3 is 0 Å². The second-order valence-electron chi connectivity index (χ2n) is 7.15. The van der Waals surface area contributed by atoms with E-state index in [-0.39, 0.29) is 12.9 Å². The average molecular weight is 418 g/mol. The Kier molecular flexibility index (Phi) is 5.60. The number of hydrogen-bond acceptors (Lipinski definition) is 4. The van der Waals surface area contributed by atoms with Crippen molar-refractivity contribution in [2.45, 2.75) is 32.3 Å². The van der Waals surface area contributed by atoms with E-state index in [0.717, 1.165) is 53.8 Å². The van der Waals surface area contributed by atoms with Crippen molar-refractivity contribution in [2.75, 3.05) is 19.7 Å². The van der Waals surface area contributed by atoms with E-state index in [0.29, 0.717) is 12.5 Å². The number of nitrogens with zero attached hydrogens (tertiary/aromatic N) is 1. The molecule has 0 unspecified atom stereocenters. The molecule has 0 amide bonds. The molecule has 2 heterocycles. The van der Waals surface area contributed by atoms with Crippen LogP contribution in [0.4, 0.5) is 0 Å². The molecule has 0 aliphatic carbocycles. The Bertz CT molecular complexity index is 752. The molecule has 1 saturated heterocycles. The second kappa shape index (κ2) is 8.09. The summed E-state index contributed by atoms with van der Waals surface area (Å²) in [7, 11) is 0. The van der Waals surface area contributed by atoms with Crippen molar-refractivity contribution in [1.82, 2.24) is 4.90 Å². The van der Waals surface area contributed by atoms with Gasteiger partial charge in [-0.25, -0.2) is 0 Å². The van der Waals surface area contributed by atoms with Crippen LogP contribution in [0, 0.1) is 5.92 Å². The molecular formula is C21H24BrNO3. The summed E-state index contributed by atoms with van der Waals surface area (Å²) in [6.45, 7) is 3.65. The van der Waals surface area contributed by atoms with Crippen LogP contribution < -0.4 is 4.74 Å². The summed E-state index contributed by atoms with van der Waals surface area (Å²) in [6.07, 6.45) is 1.89. The first-order valence-electron chi connectivity index (χ1n) is 9.20. The van der Waals surface area contributed by atoms with E-state index in [1.54, 1.807) is 0 Å². The average Bonchev–Trinajstić information content (AvgIpc) is 2.68. The highest BCUT2D eigenvalue weighted by molar-refractivity contribution is 9.10. The fourth-order valence-corrected chi connectivity index (χ4v) is 4.41. The first-order valence-corrected chi connectivity index (χ1v) is 10.00. The van der Waals surface area contributed by atoms with Crippen molar-refractivity contribution >= 4 is 15.9 Å². The van der Waals surface area contributed by atoms with Gasteiger partial charge in [0.1, 0.15) is 5.75 Å². The summed E-state index contributed by atoms with van der Waals surface area (Å²) in [5.41, 5.74) is 3.29. The number of halogens is 1. The summed E-state index contributed by atoms with van der Waals surface area (Å²) in [5, 5.41) is 9.50. The molecule has 0 saturated carbocycles. The van der Waals surface area contributed by atoms with Gasteiger partial charge in [0.25, 0.3) is 0 Å². The maximum atomic E-state index is 9.50. The van der Waals surface area contributed by atoms with Crippen molar-refractivity contribution in [1.29, 1.82) is 0 Å². The van der Waals surface area contributed by atoms with Crippen LogP contribution in [0.3, 0.4) is 0 Å². The lowest BCUT2D eigenvalue weighted by molar-refractivity contribution is -0.112. The monoisotopic (exact) mass is 417 g/mol.